The number of carbonyl (C=O) groups is 2. The van der Waals surface area contributed by atoms with Crippen LogP contribution in [0.1, 0.15) is 245 Å². The number of nitrogens with zero attached hydrogens (tertiary/aromatic N) is 1. The van der Waals surface area contributed by atoms with Gasteiger partial charge in [0.05, 0.1) is 27.7 Å². The summed E-state index contributed by atoms with van der Waals surface area (Å²) in [5.74, 6) is -0.841. The molecule has 0 aliphatic carbocycles. The Morgan fingerprint density at radius 3 is 0.988 bits per heavy atom. The van der Waals surface area contributed by atoms with Crippen molar-refractivity contribution in [3.8, 4) is 0 Å². The summed E-state index contributed by atoms with van der Waals surface area (Å²) in [6.45, 7) is 4.16. The number of hydrogen-bond donors (Lipinski definition) is 1. The third-order valence-electron chi connectivity index (χ3n) is 13.4. The van der Waals surface area contributed by atoms with Gasteiger partial charge in [-0.05, 0) is 116 Å². The maximum Gasteiger partial charge on any atom is 0.472 e. The van der Waals surface area contributed by atoms with E-state index in [1.165, 1.54) is 96.3 Å². The molecule has 0 saturated heterocycles. The Hall–Kier alpha value is -4.11. The van der Waals surface area contributed by atoms with Crippen LogP contribution in [0.5, 0.6) is 0 Å². The summed E-state index contributed by atoms with van der Waals surface area (Å²) in [5.41, 5.74) is 0. The van der Waals surface area contributed by atoms with E-state index < -0.39 is 26.5 Å². The average Bonchev–Trinajstić information content (AvgIpc) is 3.46. The summed E-state index contributed by atoms with van der Waals surface area (Å²) in [7, 11) is 1.44. The van der Waals surface area contributed by atoms with Gasteiger partial charge in [-0.25, -0.2) is 4.57 Å². The number of esters is 2. The van der Waals surface area contributed by atoms with E-state index in [1.807, 2.05) is 21.1 Å². The van der Waals surface area contributed by atoms with Gasteiger partial charge in [-0.3, -0.25) is 18.6 Å². The van der Waals surface area contributed by atoms with Gasteiger partial charge in [-0.15, -0.1) is 0 Å². The normalized spacial score (nSPS) is 14.2. The van der Waals surface area contributed by atoms with Crippen molar-refractivity contribution in [1.29, 1.82) is 0 Å². The smallest absolute Gasteiger partial charge is 0.462 e. The molecular weight excluding hydrogens is 1040 g/mol. The Balaban J connectivity index is 4.15. The summed E-state index contributed by atoms with van der Waals surface area (Å²) < 4.78 is 34.6. The third kappa shape index (κ3) is 65.0. The van der Waals surface area contributed by atoms with Gasteiger partial charge >= 0.3 is 19.8 Å². The summed E-state index contributed by atoms with van der Waals surface area (Å²) in [6, 6.07) is 0. The minimum Gasteiger partial charge on any atom is -0.462 e. The molecule has 10 heteroatoms. The first-order valence-electron chi connectivity index (χ1n) is 32.6. The lowest BCUT2D eigenvalue weighted by Gasteiger charge is -2.24. The molecule has 0 amide bonds. The Bertz CT molecular complexity index is 1890. The third-order valence-corrected chi connectivity index (χ3v) is 14.3. The zero-order valence-corrected chi connectivity index (χ0v) is 53.8. The fraction of sp³-hybridized carbons (Fsp3) is 0.639. The predicted molar refractivity (Wildman–Crippen MR) is 353 cm³/mol. The number of phosphoric ester groups is 1. The van der Waals surface area contributed by atoms with Crippen molar-refractivity contribution in [2.24, 2.45) is 0 Å². The molecular formula is C72H121NO8P+. The Labute approximate surface area is 503 Å². The van der Waals surface area contributed by atoms with Gasteiger partial charge in [0, 0.05) is 12.8 Å². The summed E-state index contributed by atoms with van der Waals surface area (Å²) in [4.78, 5) is 35.8. The molecule has 0 aromatic heterocycles. The van der Waals surface area contributed by atoms with Crippen molar-refractivity contribution in [3.05, 3.63) is 146 Å². The first kappa shape index (κ1) is 77.9. The van der Waals surface area contributed by atoms with Crippen LogP contribution in [0.25, 0.3) is 0 Å². The SMILES string of the molecule is CC/C=C\C/C=C\C/C=C\C/C=C\C/C=C\C/C=C\C/C=C\CCCCCC(=O)OC(COC(=O)CCCCCCCCCCCCCCCCCCC/C=C\C/C=C\C/C=C\C/C=C\C/C=C\CC)COP(=O)(O)OCC[N+](C)(C)C. The predicted octanol–water partition coefficient (Wildman–Crippen LogP) is 21.0. The molecule has 0 bridgehead atoms. The number of unbranched alkanes of at least 4 members (excludes halogenated alkanes) is 20. The van der Waals surface area contributed by atoms with Crippen LogP contribution in [-0.2, 0) is 32.7 Å². The van der Waals surface area contributed by atoms with Crippen LogP contribution in [0.4, 0.5) is 0 Å². The van der Waals surface area contributed by atoms with E-state index in [9.17, 15) is 19.0 Å². The van der Waals surface area contributed by atoms with Crippen LogP contribution in [0.3, 0.4) is 0 Å². The number of phosphoric acid groups is 1. The quantitative estimate of drug-likeness (QED) is 0.0211. The van der Waals surface area contributed by atoms with E-state index in [-0.39, 0.29) is 32.0 Å². The lowest BCUT2D eigenvalue weighted by atomic mass is 10.0. The molecule has 0 spiro atoms. The Morgan fingerprint density at radius 1 is 0.378 bits per heavy atom. The van der Waals surface area contributed by atoms with Gasteiger partial charge in [0.15, 0.2) is 6.10 Å². The molecule has 82 heavy (non-hydrogen) atoms. The average molecular weight is 1160 g/mol. The lowest BCUT2D eigenvalue weighted by molar-refractivity contribution is -0.870. The van der Waals surface area contributed by atoms with E-state index in [0.29, 0.717) is 17.4 Å². The van der Waals surface area contributed by atoms with Crippen molar-refractivity contribution in [2.45, 2.75) is 251 Å². The highest BCUT2D eigenvalue weighted by Crippen LogP contribution is 2.43. The molecule has 0 saturated carbocycles. The molecule has 2 unspecified atom stereocenters. The van der Waals surface area contributed by atoms with Crippen LogP contribution < -0.4 is 0 Å². The molecule has 0 rings (SSSR count). The fourth-order valence-electron chi connectivity index (χ4n) is 8.43. The van der Waals surface area contributed by atoms with Crippen molar-refractivity contribution in [1.82, 2.24) is 0 Å². The van der Waals surface area contributed by atoms with Crippen molar-refractivity contribution < 1.29 is 42.1 Å². The number of likely N-dealkylation sites (N-methyl/N-ethyl adjacent to an activating group) is 1. The van der Waals surface area contributed by atoms with Gasteiger partial charge < -0.3 is 18.9 Å². The molecule has 0 aliphatic heterocycles. The molecule has 466 valence electrons. The summed E-state index contributed by atoms with van der Waals surface area (Å²) in [5, 5.41) is 0. The topological polar surface area (TPSA) is 108 Å². The molecule has 2 atom stereocenters. The van der Waals surface area contributed by atoms with E-state index in [4.69, 9.17) is 18.5 Å². The van der Waals surface area contributed by atoms with Gasteiger partial charge in [0.1, 0.15) is 19.8 Å². The molecule has 0 radical (unpaired) electrons. The second-order valence-electron chi connectivity index (χ2n) is 22.4. The fourth-order valence-corrected chi connectivity index (χ4v) is 9.18. The highest BCUT2D eigenvalue weighted by molar-refractivity contribution is 7.47. The first-order chi connectivity index (χ1) is 40.0. The second-order valence-corrected chi connectivity index (χ2v) is 23.8. The number of allylic oxidation sites excluding steroid dienone is 24. The van der Waals surface area contributed by atoms with Crippen molar-refractivity contribution in [2.75, 3.05) is 47.5 Å². The van der Waals surface area contributed by atoms with E-state index in [2.05, 4.69) is 160 Å². The van der Waals surface area contributed by atoms with E-state index in [1.54, 1.807) is 0 Å². The highest BCUT2D eigenvalue weighted by atomic mass is 31.2. The molecule has 9 nitrogen and oxygen atoms in total. The molecule has 0 fully saturated rings. The van der Waals surface area contributed by atoms with Crippen LogP contribution in [0, 0.1) is 0 Å². The first-order valence-corrected chi connectivity index (χ1v) is 34.1. The molecule has 0 aromatic rings. The van der Waals surface area contributed by atoms with Crippen LogP contribution in [0.15, 0.2) is 146 Å². The number of ether oxygens (including phenoxy) is 2. The number of hydrogen-bond acceptors (Lipinski definition) is 7. The van der Waals surface area contributed by atoms with Gasteiger partial charge in [0.2, 0.25) is 0 Å². The summed E-state index contributed by atoms with van der Waals surface area (Å²) >= 11 is 0. The zero-order valence-electron chi connectivity index (χ0n) is 52.9. The molecule has 0 heterocycles. The molecule has 0 aromatic carbocycles. The minimum absolute atomic E-state index is 0.0178. The largest absolute Gasteiger partial charge is 0.472 e. The standard InChI is InChI=1S/C72H120NO8P/c1-6-8-10-12-14-16-18-20-22-24-26-28-30-32-33-34-35-36-37-38-39-41-42-44-46-48-50-52-54-56-58-60-62-64-71(74)78-68-70(69-80-82(76,77)79-67-66-73(3,4)5)81-72(75)65-63-61-59-57-55-53-51-49-47-45-43-40-31-29-27-25-23-21-19-17-15-13-11-9-7-2/h8-11,14-17,20-23,26-29,32-33,40,43,47,49,53,55,70H,6-7,12-13,18-19,24-25,30-31,34-39,41-42,44-46,48,50-52,54,56-69H2,1-5H3/p+1/b10-8-,11-9-,16-14-,17-15-,22-20-,23-21-,28-26-,29-27-,33-32-,43-40-,49-47-,55-53-. The maximum atomic E-state index is 12.8. The number of quaternary nitrogens is 1. The van der Waals surface area contributed by atoms with Crippen LogP contribution >= 0.6 is 7.82 Å². The van der Waals surface area contributed by atoms with Crippen molar-refractivity contribution in [3.63, 3.8) is 0 Å². The van der Waals surface area contributed by atoms with E-state index >= 15 is 0 Å². The van der Waals surface area contributed by atoms with E-state index in [0.717, 1.165) is 116 Å². The van der Waals surface area contributed by atoms with Gasteiger partial charge in [-0.2, -0.15) is 0 Å². The second kappa shape index (κ2) is 61.5. The summed E-state index contributed by atoms with van der Waals surface area (Å²) in [6.07, 6.45) is 90.8. The highest BCUT2D eigenvalue weighted by Gasteiger charge is 2.27. The maximum absolute atomic E-state index is 12.8. The van der Waals surface area contributed by atoms with Crippen molar-refractivity contribution >= 4 is 19.8 Å². The van der Waals surface area contributed by atoms with Crippen LogP contribution in [0.2, 0.25) is 0 Å². The lowest BCUT2D eigenvalue weighted by Crippen LogP contribution is -2.37. The number of carbonyl (C=O) groups excluding carboxylic acids is 2. The number of rotatable bonds is 58. The minimum atomic E-state index is -4.41. The molecule has 1 N–H and O–H groups in total. The van der Waals surface area contributed by atoms with Crippen LogP contribution in [-0.4, -0.2) is 74.9 Å². The molecule has 0 aliphatic rings. The zero-order chi connectivity index (χ0) is 59.8. The Kier molecular flexibility index (Phi) is 58.4. The van der Waals surface area contributed by atoms with Gasteiger partial charge in [0.25, 0.3) is 0 Å². The van der Waals surface area contributed by atoms with Gasteiger partial charge in [-0.1, -0.05) is 262 Å². The Morgan fingerprint density at radius 2 is 0.659 bits per heavy atom. The monoisotopic (exact) mass is 1160 g/mol.